The molecule has 2 N–H and O–H groups in total. The number of nitriles is 1. The van der Waals surface area contributed by atoms with Crippen molar-refractivity contribution < 1.29 is 9.59 Å². The molecule has 1 atom stereocenters. The Labute approximate surface area is 113 Å². The van der Waals surface area contributed by atoms with Gasteiger partial charge >= 0.3 is 0 Å². The molecule has 1 amide bonds. The molecule has 7 nitrogen and oxygen atoms in total. The standard InChI is InChI=1S/C11H11N5O2S/c1-6(17)19-8-2-9(18)16(5-8)10-7(3-12)4-14-11(13)15-10/h4,8H,2,5H2,1H3,(H2,13,14,15). The number of carbonyl (C=O) groups is 2. The maximum Gasteiger partial charge on any atom is 0.229 e. The van der Waals surface area contributed by atoms with Gasteiger partial charge in [-0.05, 0) is 0 Å². The first-order chi connectivity index (χ1) is 9.01. The first-order valence-electron chi connectivity index (χ1n) is 5.51. The number of nitrogen functional groups attached to an aromatic ring is 1. The topological polar surface area (TPSA) is 113 Å². The summed E-state index contributed by atoms with van der Waals surface area (Å²) in [6, 6.07) is 1.93. The monoisotopic (exact) mass is 277 g/mol. The lowest BCUT2D eigenvalue weighted by Crippen LogP contribution is -2.27. The summed E-state index contributed by atoms with van der Waals surface area (Å²) in [5.41, 5.74) is 5.67. The number of hydrogen-bond donors (Lipinski definition) is 1. The Morgan fingerprint density at radius 1 is 1.68 bits per heavy atom. The summed E-state index contributed by atoms with van der Waals surface area (Å²) in [6.45, 7) is 1.80. The number of rotatable bonds is 2. The van der Waals surface area contributed by atoms with Crippen molar-refractivity contribution in [3.05, 3.63) is 11.8 Å². The molecule has 1 aliphatic rings. The van der Waals surface area contributed by atoms with Gasteiger partial charge in [-0.15, -0.1) is 0 Å². The molecule has 0 spiro atoms. The number of thioether (sulfide) groups is 1. The largest absolute Gasteiger partial charge is 0.368 e. The van der Waals surface area contributed by atoms with Crippen LogP contribution in [0.25, 0.3) is 0 Å². The smallest absolute Gasteiger partial charge is 0.229 e. The predicted molar refractivity (Wildman–Crippen MR) is 70.2 cm³/mol. The normalized spacial score (nSPS) is 18.4. The van der Waals surface area contributed by atoms with E-state index in [1.54, 1.807) is 0 Å². The van der Waals surface area contributed by atoms with E-state index >= 15 is 0 Å². The molecule has 0 aliphatic carbocycles. The average Bonchev–Trinajstić information content (AvgIpc) is 2.69. The Morgan fingerprint density at radius 2 is 2.42 bits per heavy atom. The minimum Gasteiger partial charge on any atom is -0.368 e. The third-order valence-corrected chi connectivity index (χ3v) is 3.57. The summed E-state index contributed by atoms with van der Waals surface area (Å²) in [4.78, 5) is 32.1. The van der Waals surface area contributed by atoms with Crippen LogP contribution in [-0.2, 0) is 9.59 Å². The lowest BCUT2D eigenvalue weighted by molar-refractivity contribution is -0.117. The maximum absolute atomic E-state index is 11.9. The second-order valence-corrected chi connectivity index (χ2v) is 5.49. The number of anilines is 2. The molecule has 2 rings (SSSR count). The van der Waals surface area contributed by atoms with Gasteiger partial charge < -0.3 is 5.73 Å². The quantitative estimate of drug-likeness (QED) is 0.827. The summed E-state index contributed by atoms with van der Waals surface area (Å²) in [5.74, 6) is 0.0458. The fourth-order valence-corrected chi connectivity index (χ4v) is 2.78. The molecular formula is C11H11N5O2S. The number of nitrogens with two attached hydrogens (primary N) is 1. The second-order valence-electron chi connectivity index (χ2n) is 4.02. The van der Waals surface area contributed by atoms with Crippen molar-refractivity contribution in [3.63, 3.8) is 0 Å². The van der Waals surface area contributed by atoms with Crippen molar-refractivity contribution in [2.45, 2.75) is 18.6 Å². The summed E-state index contributed by atoms with van der Waals surface area (Å²) in [5, 5.41) is 8.84. The molecule has 1 aromatic rings. The zero-order chi connectivity index (χ0) is 14.0. The van der Waals surface area contributed by atoms with Crippen LogP contribution in [0.5, 0.6) is 0 Å². The van der Waals surface area contributed by atoms with Crippen LogP contribution < -0.4 is 10.6 Å². The van der Waals surface area contributed by atoms with Gasteiger partial charge in [0.2, 0.25) is 11.9 Å². The van der Waals surface area contributed by atoms with Crippen molar-refractivity contribution in [2.75, 3.05) is 17.2 Å². The fraction of sp³-hybridized carbons (Fsp3) is 0.364. The van der Waals surface area contributed by atoms with E-state index < -0.39 is 0 Å². The lowest BCUT2D eigenvalue weighted by Gasteiger charge is -2.16. The Hall–Kier alpha value is -2.14. The first kappa shape index (κ1) is 13.3. The molecule has 0 radical (unpaired) electrons. The van der Waals surface area contributed by atoms with E-state index in [9.17, 15) is 9.59 Å². The Balaban J connectivity index is 2.28. The number of aromatic nitrogens is 2. The summed E-state index contributed by atoms with van der Waals surface area (Å²) < 4.78 is 0. The van der Waals surface area contributed by atoms with E-state index in [2.05, 4.69) is 9.97 Å². The van der Waals surface area contributed by atoms with E-state index in [4.69, 9.17) is 11.0 Å². The zero-order valence-corrected chi connectivity index (χ0v) is 11.0. The maximum atomic E-state index is 11.9. The Morgan fingerprint density at radius 3 is 3.05 bits per heavy atom. The van der Waals surface area contributed by atoms with Gasteiger partial charge in [-0.25, -0.2) is 4.98 Å². The van der Waals surface area contributed by atoms with Crippen molar-refractivity contribution in [1.29, 1.82) is 5.26 Å². The minimum atomic E-state index is -0.173. The van der Waals surface area contributed by atoms with Crippen LogP contribution in [0.3, 0.4) is 0 Å². The van der Waals surface area contributed by atoms with E-state index in [1.165, 1.54) is 18.0 Å². The van der Waals surface area contributed by atoms with Crippen LogP contribution in [0.2, 0.25) is 0 Å². The molecule has 2 heterocycles. The van der Waals surface area contributed by atoms with Gasteiger partial charge in [0.1, 0.15) is 11.6 Å². The third-order valence-electron chi connectivity index (χ3n) is 2.59. The molecule has 19 heavy (non-hydrogen) atoms. The van der Waals surface area contributed by atoms with E-state index in [0.717, 1.165) is 11.8 Å². The Kier molecular flexibility index (Phi) is 3.66. The molecule has 1 saturated heterocycles. The number of nitrogens with zero attached hydrogens (tertiary/aromatic N) is 4. The van der Waals surface area contributed by atoms with Crippen LogP contribution in [0.15, 0.2) is 6.20 Å². The minimum absolute atomic E-state index is 0.00414. The molecule has 0 bridgehead atoms. The van der Waals surface area contributed by atoms with Gasteiger partial charge in [-0.2, -0.15) is 10.2 Å². The molecule has 0 aromatic carbocycles. The van der Waals surface area contributed by atoms with Gasteiger partial charge in [0.25, 0.3) is 0 Å². The van der Waals surface area contributed by atoms with Gasteiger partial charge in [0.05, 0.1) is 6.20 Å². The molecule has 98 valence electrons. The van der Waals surface area contributed by atoms with Crippen molar-refractivity contribution >= 4 is 34.6 Å². The fourth-order valence-electron chi connectivity index (χ4n) is 1.86. The molecule has 1 unspecified atom stereocenters. The van der Waals surface area contributed by atoms with Crippen molar-refractivity contribution in [1.82, 2.24) is 9.97 Å². The molecule has 1 fully saturated rings. The highest BCUT2D eigenvalue weighted by Crippen LogP contribution is 2.29. The van der Waals surface area contributed by atoms with Crippen LogP contribution in [0, 0.1) is 11.3 Å². The van der Waals surface area contributed by atoms with Gasteiger partial charge in [-0.1, -0.05) is 11.8 Å². The SMILES string of the molecule is CC(=O)SC1CC(=O)N(c2nc(N)ncc2C#N)C1. The summed E-state index contributed by atoms with van der Waals surface area (Å²) in [6.07, 6.45) is 1.54. The van der Waals surface area contributed by atoms with Crippen molar-refractivity contribution in [2.24, 2.45) is 0 Å². The van der Waals surface area contributed by atoms with Gasteiger partial charge in [0, 0.05) is 25.1 Å². The summed E-state index contributed by atoms with van der Waals surface area (Å²) >= 11 is 1.12. The lowest BCUT2D eigenvalue weighted by atomic mass is 10.3. The zero-order valence-electron chi connectivity index (χ0n) is 10.2. The Bertz CT molecular complexity index is 583. The van der Waals surface area contributed by atoms with E-state index in [-0.39, 0.29) is 40.0 Å². The van der Waals surface area contributed by atoms with Gasteiger partial charge in [-0.3, -0.25) is 14.5 Å². The van der Waals surface area contributed by atoms with Crippen molar-refractivity contribution in [3.8, 4) is 6.07 Å². The molecule has 0 saturated carbocycles. The number of amides is 1. The van der Waals surface area contributed by atoms with Crippen LogP contribution in [0.4, 0.5) is 11.8 Å². The van der Waals surface area contributed by atoms with Gasteiger partial charge in [0.15, 0.2) is 10.9 Å². The van der Waals surface area contributed by atoms with Crippen LogP contribution >= 0.6 is 11.8 Å². The number of hydrogen-bond acceptors (Lipinski definition) is 7. The predicted octanol–water partition coefficient (Wildman–Crippen LogP) is 0.315. The highest BCUT2D eigenvalue weighted by atomic mass is 32.2. The molecular weight excluding hydrogens is 266 g/mol. The van der Waals surface area contributed by atoms with Crippen LogP contribution in [-0.4, -0.2) is 32.8 Å². The number of carbonyl (C=O) groups excluding carboxylic acids is 2. The second kappa shape index (κ2) is 5.24. The van der Waals surface area contributed by atoms with Crippen LogP contribution in [0.1, 0.15) is 18.9 Å². The highest BCUT2D eigenvalue weighted by molar-refractivity contribution is 8.14. The first-order valence-corrected chi connectivity index (χ1v) is 6.39. The summed E-state index contributed by atoms with van der Waals surface area (Å²) in [7, 11) is 0. The molecule has 1 aromatic heterocycles. The third kappa shape index (κ3) is 2.82. The van der Waals surface area contributed by atoms with E-state index in [1.807, 2.05) is 6.07 Å². The molecule has 1 aliphatic heterocycles. The highest BCUT2D eigenvalue weighted by Gasteiger charge is 2.34. The molecule has 8 heteroatoms. The van der Waals surface area contributed by atoms with E-state index in [0.29, 0.717) is 6.54 Å². The average molecular weight is 277 g/mol.